The molecule has 1 heterocycles. The molecule has 1 aliphatic rings. The molecule has 0 bridgehead atoms. The summed E-state index contributed by atoms with van der Waals surface area (Å²) in [6.07, 6.45) is -0.157. The van der Waals surface area contributed by atoms with Crippen LogP contribution in [-0.2, 0) is 14.3 Å². The molecule has 1 aromatic rings. The van der Waals surface area contributed by atoms with Crippen molar-refractivity contribution in [3.8, 4) is 0 Å². The van der Waals surface area contributed by atoms with Crippen LogP contribution in [0.3, 0.4) is 0 Å². The first-order valence-corrected chi connectivity index (χ1v) is 8.52. The van der Waals surface area contributed by atoms with E-state index in [1.54, 1.807) is 0 Å². The summed E-state index contributed by atoms with van der Waals surface area (Å²) in [5.41, 5.74) is 1.84. The number of rotatable bonds is 7. The summed E-state index contributed by atoms with van der Waals surface area (Å²) in [5.74, 6) is -0.224. The van der Waals surface area contributed by atoms with Crippen molar-refractivity contribution in [2.45, 2.75) is 26.2 Å². The second kappa shape index (κ2) is 9.39. The van der Waals surface area contributed by atoms with Gasteiger partial charge in [-0.3, -0.25) is 14.5 Å². The number of carbonyl (C=O) groups is 2. The Kier molecular flexibility index (Phi) is 7.21. The number of hydrogen-bond acceptors (Lipinski definition) is 4. The van der Waals surface area contributed by atoms with Crippen LogP contribution in [0.4, 0.5) is 5.69 Å². The molecule has 0 aliphatic carbocycles. The molecule has 6 nitrogen and oxygen atoms in total. The molecular formula is C18H27N3O3. The van der Waals surface area contributed by atoms with E-state index in [1.165, 1.54) is 0 Å². The Morgan fingerprint density at radius 3 is 2.58 bits per heavy atom. The standard InChI is InChI=1S/C18H27N3O3/c1-14(2)15-5-3-4-6-16(15)20-18(23)13-17(22)19-7-8-21-9-11-24-12-10-21/h3-6,14H,7-13H2,1-2H3,(H,19,22)(H,20,23). The van der Waals surface area contributed by atoms with Gasteiger partial charge in [-0.2, -0.15) is 0 Å². The lowest BCUT2D eigenvalue weighted by molar-refractivity contribution is -0.126. The van der Waals surface area contributed by atoms with Crippen LogP contribution in [0, 0.1) is 0 Å². The summed E-state index contributed by atoms with van der Waals surface area (Å²) >= 11 is 0. The van der Waals surface area contributed by atoms with Crippen LogP contribution in [0.25, 0.3) is 0 Å². The van der Waals surface area contributed by atoms with Gasteiger partial charge in [0.1, 0.15) is 6.42 Å². The van der Waals surface area contributed by atoms with Gasteiger partial charge < -0.3 is 15.4 Å². The normalized spacial score (nSPS) is 15.3. The van der Waals surface area contributed by atoms with Crippen molar-refractivity contribution in [3.05, 3.63) is 29.8 Å². The van der Waals surface area contributed by atoms with Gasteiger partial charge in [0.05, 0.1) is 13.2 Å². The first-order valence-electron chi connectivity index (χ1n) is 8.52. The fourth-order valence-corrected chi connectivity index (χ4v) is 2.70. The van der Waals surface area contributed by atoms with Crippen LogP contribution in [-0.4, -0.2) is 56.1 Å². The molecule has 0 atom stereocenters. The van der Waals surface area contributed by atoms with Crippen LogP contribution >= 0.6 is 0 Å². The predicted octanol–water partition coefficient (Wildman–Crippen LogP) is 1.59. The van der Waals surface area contributed by atoms with Gasteiger partial charge in [-0.05, 0) is 17.5 Å². The molecule has 0 radical (unpaired) electrons. The third-order valence-electron chi connectivity index (χ3n) is 4.03. The smallest absolute Gasteiger partial charge is 0.233 e. The molecule has 2 amide bonds. The van der Waals surface area contributed by atoms with E-state index in [4.69, 9.17) is 4.74 Å². The second-order valence-electron chi connectivity index (χ2n) is 6.27. The molecule has 2 N–H and O–H groups in total. The maximum Gasteiger partial charge on any atom is 0.233 e. The molecule has 0 unspecified atom stereocenters. The van der Waals surface area contributed by atoms with Crippen LogP contribution in [0.1, 0.15) is 31.7 Å². The topological polar surface area (TPSA) is 70.7 Å². The Morgan fingerprint density at radius 1 is 1.17 bits per heavy atom. The lowest BCUT2D eigenvalue weighted by Gasteiger charge is -2.26. The van der Waals surface area contributed by atoms with E-state index in [2.05, 4.69) is 29.4 Å². The van der Waals surface area contributed by atoms with Crippen molar-refractivity contribution in [1.82, 2.24) is 10.2 Å². The number of nitrogens with zero attached hydrogens (tertiary/aromatic N) is 1. The van der Waals surface area contributed by atoms with E-state index in [1.807, 2.05) is 24.3 Å². The van der Waals surface area contributed by atoms with E-state index >= 15 is 0 Å². The number of ether oxygens (including phenoxy) is 1. The van der Waals surface area contributed by atoms with Crippen LogP contribution in [0.2, 0.25) is 0 Å². The lowest BCUT2D eigenvalue weighted by atomic mass is 10.0. The Hall–Kier alpha value is -1.92. The molecule has 2 rings (SSSR count). The van der Waals surface area contributed by atoms with Gasteiger partial charge in [-0.15, -0.1) is 0 Å². The van der Waals surface area contributed by atoms with Gasteiger partial charge >= 0.3 is 0 Å². The number of hydrogen-bond donors (Lipinski definition) is 2. The minimum absolute atomic E-state index is 0.157. The highest BCUT2D eigenvalue weighted by Gasteiger charge is 2.14. The maximum absolute atomic E-state index is 12.1. The Morgan fingerprint density at radius 2 is 1.88 bits per heavy atom. The van der Waals surface area contributed by atoms with Crippen LogP contribution in [0.15, 0.2) is 24.3 Å². The third-order valence-corrected chi connectivity index (χ3v) is 4.03. The maximum atomic E-state index is 12.1. The minimum Gasteiger partial charge on any atom is -0.379 e. The minimum atomic E-state index is -0.285. The molecule has 6 heteroatoms. The zero-order chi connectivity index (χ0) is 17.4. The van der Waals surface area contributed by atoms with E-state index < -0.39 is 0 Å². The number of para-hydroxylation sites is 1. The van der Waals surface area contributed by atoms with Gasteiger partial charge in [-0.25, -0.2) is 0 Å². The SMILES string of the molecule is CC(C)c1ccccc1NC(=O)CC(=O)NCCN1CCOCC1. The number of carbonyl (C=O) groups excluding carboxylic acids is 2. The van der Waals surface area contributed by atoms with Crippen molar-refractivity contribution >= 4 is 17.5 Å². The molecule has 1 saturated heterocycles. The molecule has 0 aromatic heterocycles. The van der Waals surface area contributed by atoms with Crippen LogP contribution < -0.4 is 10.6 Å². The van der Waals surface area contributed by atoms with Crippen LogP contribution in [0.5, 0.6) is 0 Å². The van der Waals surface area contributed by atoms with Gasteiger partial charge in [0.15, 0.2) is 0 Å². The molecule has 0 spiro atoms. The predicted molar refractivity (Wildman–Crippen MR) is 94.0 cm³/mol. The number of benzene rings is 1. The van der Waals surface area contributed by atoms with Gasteiger partial charge in [0, 0.05) is 31.9 Å². The first-order chi connectivity index (χ1) is 11.6. The fourth-order valence-electron chi connectivity index (χ4n) is 2.70. The van der Waals surface area contributed by atoms with Crippen molar-refractivity contribution in [2.24, 2.45) is 0 Å². The summed E-state index contributed by atoms with van der Waals surface area (Å²) in [4.78, 5) is 26.2. The summed E-state index contributed by atoms with van der Waals surface area (Å²) in [6.45, 7) is 8.75. The second-order valence-corrected chi connectivity index (χ2v) is 6.27. The average Bonchev–Trinajstić information content (AvgIpc) is 2.56. The highest BCUT2D eigenvalue weighted by molar-refractivity contribution is 6.03. The monoisotopic (exact) mass is 333 g/mol. The van der Waals surface area contributed by atoms with E-state index in [-0.39, 0.29) is 18.2 Å². The van der Waals surface area contributed by atoms with Gasteiger partial charge in [-0.1, -0.05) is 32.0 Å². The summed E-state index contributed by atoms with van der Waals surface area (Å²) in [7, 11) is 0. The zero-order valence-corrected chi connectivity index (χ0v) is 14.5. The molecule has 1 aliphatic heterocycles. The van der Waals surface area contributed by atoms with Gasteiger partial charge in [0.2, 0.25) is 11.8 Å². The largest absolute Gasteiger partial charge is 0.379 e. The van der Waals surface area contributed by atoms with E-state index in [9.17, 15) is 9.59 Å². The average molecular weight is 333 g/mol. The lowest BCUT2D eigenvalue weighted by Crippen LogP contribution is -2.41. The molecule has 132 valence electrons. The summed E-state index contributed by atoms with van der Waals surface area (Å²) in [5, 5.41) is 5.64. The Bertz CT molecular complexity index is 554. The summed E-state index contributed by atoms with van der Waals surface area (Å²) < 4.78 is 5.28. The highest BCUT2D eigenvalue weighted by Crippen LogP contribution is 2.23. The molecular weight excluding hydrogens is 306 g/mol. The summed E-state index contributed by atoms with van der Waals surface area (Å²) in [6, 6.07) is 7.68. The van der Waals surface area contributed by atoms with Gasteiger partial charge in [0.25, 0.3) is 0 Å². The number of morpholine rings is 1. The van der Waals surface area contributed by atoms with Crippen molar-refractivity contribution < 1.29 is 14.3 Å². The number of anilines is 1. The van der Waals surface area contributed by atoms with E-state index in [0.29, 0.717) is 12.5 Å². The quantitative estimate of drug-likeness (QED) is 0.744. The Balaban J connectivity index is 1.72. The first kappa shape index (κ1) is 18.4. The van der Waals surface area contributed by atoms with Crippen molar-refractivity contribution in [3.63, 3.8) is 0 Å². The van der Waals surface area contributed by atoms with Crippen molar-refractivity contribution in [1.29, 1.82) is 0 Å². The molecule has 1 aromatic carbocycles. The molecule has 0 saturated carbocycles. The zero-order valence-electron chi connectivity index (χ0n) is 14.5. The number of amides is 2. The Labute approximate surface area is 143 Å². The molecule has 24 heavy (non-hydrogen) atoms. The fraction of sp³-hybridized carbons (Fsp3) is 0.556. The van der Waals surface area contributed by atoms with E-state index in [0.717, 1.165) is 44.1 Å². The highest BCUT2D eigenvalue weighted by atomic mass is 16.5. The van der Waals surface area contributed by atoms with Crippen molar-refractivity contribution in [2.75, 3.05) is 44.7 Å². The third kappa shape index (κ3) is 5.94. The molecule has 1 fully saturated rings. The number of nitrogens with one attached hydrogen (secondary N) is 2.